The maximum atomic E-state index is 9.88. The Morgan fingerprint density at radius 1 is 1.35 bits per heavy atom. The molecule has 0 aliphatic carbocycles. The average Bonchev–Trinajstić information content (AvgIpc) is 3.26. The Labute approximate surface area is 151 Å². The SMILES string of the molecule is COc1cc(C2CN(B(C)O)CCO2)nc2c(-c3cnn(C)c3)cnn12. The van der Waals surface area contributed by atoms with Crippen LogP contribution >= 0.6 is 0 Å². The summed E-state index contributed by atoms with van der Waals surface area (Å²) in [5.41, 5.74) is 3.25. The van der Waals surface area contributed by atoms with Crippen molar-refractivity contribution in [3.63, 3.8) is 0 Å². The first-order valence-electron chi connectivity index (χ1n) is 8.52. The normalized spacial score (nSPS) is 18.4. The van der Waals surface area contributed by atoms with Gasteiger partial charge in [-0.25, -0.2) is 4.98 Å². The fraction of sp³-hybridized carbons (Fsp3) is 0.438. The van der Waals surface area contributed by atoms with Crippen LogP contribution in [0.4, 0.5) is 0 Å². The van der Waals surface area contributed by atoms with Gasteiger partial charge < -0.3 is 19.3 Å². The number of aromatic nitrogens is 5. The van der Waals surface area contributed by atoms with Gasteiger partial charge in [-0.1, -0.05) is 0 Å². The van der Waals surface area contributed by atoms with Crippen LogP contribution in [0, 0.1) is 0 Å². The van der Waals surface area contributed by atoms with Crippen molar-refractivity contribution in [2.45, 2.75) is 12.9 Å². The molecule has 0 bridgehead atoms. The minimum atomic E-state index is -0.520. The Hall–Kier alpha value is -2.43. The molecule has 1 atom stereocenters. The number of methoxy groups -OCH3 is 1. The van der Waals surface area contributed by atoms with E-state index in [1.54, 1.807) is 35.5 Å². The van der Waals surface area contributed by atoms with Crippen molar-refractivity contribution < 1.29 is 14.5 Å². The zero-order chi connectivity index (χ0) is 18.3. The molecule has 1 unspecified atom stereocenters. The van der Waals surface area contributed by atoms with Crippen LogP contribution in [0.1, 0.15) is 11.8 Å². The minimum Gasteiger partial charge on any atom is -0.481 e. The standard InChI is InChI=1S/C16H21BN6O3/c1-17(24)22-4-5-26-14(10-22)13-6-15(25-3)23-16(20-13)12(8-19-23)11-7-18-21(2)9-11/h6-9,14,24H,4-5,10H2,1-3H3. The average molecular weight is 356 g/mol. The van der Waals surface area contributed by atoms with E-state index in [1.807, 2.05) is 24.1 Å². The molecule has 26 heavy (non-hydrogen) atoms. The monoisotopic (exact) mass is 356 g/mol. The maximum absolute atomic E-state index is 9.88. The first kappa shape index (κ1) is 17.0. The van der Waals surface area contributed by atoms with E-state index < -0.39 is 7.05 Å². The molecular formula is C16H21BN6O3. The lowest BCUT2D eigenvalue weighted by Crippen LogP contribution is -2.46. The number of hydrogen-bond acceptors (Lipinski definition) is 7. The van der Waals surface area contributed by atoms with Crippen molar-refractivity contribution in [1.29, 1.82) is 0 Å². The molecule has 1 N–H and O–H groups in total. The lowest BCUT2D eigenvalue weighted by molar-refractivity contribution is -0.0104. The molecule has 0 radical (unpaired) electrons. The van der Waals surface area contributed by atoms with Gasteiger partial charge in [-0.3, -0.25) is 4.68 Å². The summed E-state index contributed by atoms with van der Waals surface area (Å²) in [4.78, 5) is 6.76. The molecule has 0 spiro atoms. The number of hydrogen-bond donors (Lipinski definition) is 1. The molecule has 4 rings (SSSR count). The number of morpholine rings is 1. The van der Waals surface area contributed by atoms with Gasteiger partial charge in [0.15, 0.2) is 5.65 Å². The van der Waals surface area contributed by atoms with Crippen LogP contribution in [0.25, 0.3) is 16.8 Å². The summed E-state index contributed by atoms with van der Waals surface area (Å²) in [5, 5.41) is 18.5. The smallest absolute Gasteiger partial charge is 0.376 e. The van der Waals surface area contributed by atoms with Gasteiger partial charge in [0.25, 0.3) is 0 Å². The third-order valence-electron chi connectivity index (χ3n) is 4.64. The van der Waals surface area contributed by atoms with Crippen LogP contribution in [0.5, 0.6) is 5.88 Å². The van der Waals surface area contributed by atoms with E-state index in [0.717, 1.165) is 16.8 Å². The summed E-state index contributed by atoms with van der Waals surface area (Å²) >= 11 is 0. The van der Waals surface area contributed by atoms with Crippen molar-refractivity contribution in [2.24, 2.45) is 7.05 Å². The Bertz CT molecular complexity index is 924. The molecule has 1 saturated heterocycles. The maximum Gasteiger partial charge on any atom is 0.376 e. The number of ether oxygens (including phenoxy) is 2. The van der Waals surface area contributed by atoms with Crippen LogP contribution in [-0.2, 0) is 11.8 Å². The van der Waals surface area contributed by atoms with E-state index in [4.69, 9.17) is 14.5 Å². The molecule has 0 aromatic carbocycles. The van der Waals surface area contributed by atoms with Crippen LogP contribution in [0.15, 0.2) is 24.7 Å². The van der Waals surface area contributed by atoms with Crippen molar-refractivity contribution in [2.75, 3.05) is 26.8 Å². The molecule has 10 heteroatoms. The molecule has 136 valence electrons. The number of fused-ring (bicyclic) bond motifs is 1. The largest absolute Gasteiger partial charge is 0.481 e. The number of rotatable bonds is 4. The lowest BCUT2D eigenvalue weighted by atomic mass is 9.84. The van der Waals surface area contributed by atoms with Gasteiger partial charge in [0.05, 0.1) is 31.8 Å². The first-order chi connectivity index (χ1) is 12.6. The topological polar surface area (TPSA) is 89.9 Å². The van der Waals surface area contributed by atoms with E-state index >= 15 is 0 Å². The Kier molecular flexibility index (Phi) is 4.39. The highest BCUT2D eigenvalue weighted by Crippen LogP contribution is 2.29. The molecule has 9 nitrogen and oxygen atoms in total. The van der Waals surface area contributed by atoms with Gasteiger partial charge in [-0.2, -0.15) is 14.7 Å². The van der Waals surface area contributed by atoms with Crippen LogP contribution in [0.2, 0.25) is 6.82 Å². The quantitative estimate of drug-likeness (QED) is 0.686. The van der Waals surface area contributed by atoms with Crippen molar-refractivity contribution in [1.82, 2.24) is 29.2 Å². The number of aryl methyl sites for hydroxylation is 1. The van der Waals surface area contributed by atoms with Gasteiger partial charge in [-0.05, 0) is 6.82 Å². The third kappa shape index (κ3) is 2.96. The minimum absolute atomic E-state index is 0.242. The fourth-order valence-corrected chi connectivity index (χ4v) is 3.21. The summed E-state index contributed by atoms with van der Waals surface area (Å²) in [7, 11) is 2.95. The van der Waals surface area contributed by atoms with E-state index in [2.05, 4.69) is 10.2 Å². The molecule has 3 aromatic heterocycles. The molecule has 3 aromatic rings. The molecular weight excluding hydrogens is 335 g/mol. The van der Waals surface area contributed by atoms with Crippen LogP contribution in [-0.4, -0.2) is 68.1 Å². The summed E-state index contributed by atoms with van der Waals surface area (Å²) in [5.74, 6) is 0.581. The third-order valence-corrected chi connectivity index (χ3v) is 4.64. The summed E-state index contributed by atoms with van der Waals surface area (Å²) < 4.78 is 14.8. The fourth-order valence-electron chi connectivity index (χ4n) is 3.21. The van der Waals surface area contributed by atoms with Crippen LogP contribution < -0.4 is 4.74 Å². The highest BCUT2D eigenvalue weighted by molar-refractivity contribution is 6.45. The van der Waals surface area contributed by atoms with E-state index in [1.165, 1.54) is 0 Å². The molecule has 0 saturated carbocycles. The van der Waals surface area contributed by atoms with Crippen molar-refractivity contribution >= 4 is 12.7 Å². The Morgan fingerprint density at radius 3 is 2.88 bits per heavy atom. The summed E-state index contributed by atoms with van der Waals surface area (Å²) in [6, 6.07) is 1.84. The van der Waals surface area contributed by atoms with Crippen LogP contribution in [0.3, 0.4) is 0 Å². The zero-order valence-corrected chi connectivity index (χ0v) is 15.0. The Morgan fingerprint density at radius 2 is 2.19 bits per heavy atom. The highest BCUT2D eigenvalue weighted by atomic mass is 16.5. The molecule has 1 aliphatic heterocycles. The predicted molar refractivity (Wildman–Crippen MR) is 95.8 cm³/mol. The number of nitrogens with zero attached hydrogens (tertiary/aromatic N) is 6. The van der Waals surface area contributed by atoms with Gasteiger partial charge in [0.2, 0.25) is 5.88 Å². The molecule has 1 aliphatic rings. The lowest BCUT2D eigenvalue weighted by Gasteiger charge is -2.33. The molecule has 1 fully saturated rings. The second kappa shape index (κ2) is 6.71. The van der Waals surface area contributed by atoms with Gasteiger partial charge in [0, 0.05) is 43.5 Å². The molecule has 4 heterocycles. The predicted octanol–water partition coefficient (Wildman–Crippen LogP) is 0.622. The van der Waals surface area contributed by atoms with Crippen molar-refractivity contribution in [3.8, 4) is 17.0 Å². The van der Waals surface area contributed by atoms with E-state index in [-0.39, 0.29) is 6.10 Å². The summed E-state index contributed by atoms with van der Waals surface area (Å²) in [6.07, 6.45) is 5.22. The van der Waals surface area contributed by atoms with E-state index in [9.17, 15) is 5.02 Å². The van der Waals surface area contributed by atoms with Crippen molar-refractivity contribution in [3.05, 3.63) is 30.4 Å². The van der Waals surface area contributed by atoms with Gasteiger partial charge in [-0.15, -0.1) is 0 Å². The first-order valence-corrected chi connectivity index (χ1v) is 8.52. The zero-order valence-electron chi connectivity index (χ0n) is 15.0. The summed E-state index contributed by atoms with van der Waals surface area (Å²) in [6.45, 7) is 3.57. The molecule has 0 amide bonds. The second-order valence-electron chi connectivity index (χ2n) is 6.41. The second-order valence-corrected chi connectivity index (χ2v) is 6.41. The van der Waals surface area contributed by atoms with Gasteiger partial charge >= 0.3 is 7.05 Å². The van der Waals surface area contributed by atoms with E-state index in [0.29, 0.717) is 31.2 Å². The Balaban J connectivity index is 1.78. The van der Waals surface area contributed by atoms with Gasteiger partial charge in [0.1, 0.15) is 6.10 Å². The highest BCUT2D eigenvalue weighted by Gasteiger charge is 2.28.